The van der Waals surface area contributed by atoms with Crippen LogP contribution in [0.1, 0.15) is 86.1 Å². The molecule has 3 rings (SSSR count). The summed E-state index contributed by atoms with van der Waals surface area (Å²) in [6, 6.07) is 9.48. The lowest BCUT2D eigenvalue weighted by Gasteiger charge is -2.24. The van der Waals surface area contributed by atoms with Gasteiger partial charge >= 0.3 is 0 Å². The van der Waals surface area contributed by atoms with Crippen molar-refractivity contribution >= 4 is 23.2 Å². The van der Waals surface area contributed by atoms with Crippen LogP contribution in [-0.2, 0) is 41.9 Å². The zero-order chi connectivity index (χ0) is 20.0. The normalized spacial score (nSPS) is 14.5. The third-order valence-corrected chi connectivity index (χ3v) is 6.48. The molecule has 0 aromatic heterocycles. The lowest BCUT2D eigenvalue weighted by Crippen LogP contribution is -2.14. The standard InChI is InChI=1S/C25H32Cl2/c1-24(2,3)20-9-16-7-8-17-10-21(25(4,5)6)12-19(15-27)23(17)13-22(16)18(11-20)14-26/h9-12H,7-8,13-15H2,1-6H3. The lowest BCUT2D eigenvalue weighted by atomic mass is 9.81. The molecule has 0 fully saturated rings. The first-order valence-electron chi connectivity index (χ1n) is 9.97. The van der Waals surface area contributed by atoms with Gasteiger partial charge in [-0.15, -0.1) is 23.2 Å². The van der Waals surface area contributed by atoms with Crippen LogP contribution in [0, 0.1) is 0 Å². The summed E-state index contributed by atoms with van der Waals surface area (Å²) in [5, 5.41) is 0. The largest absolute Gasteiger partial charge is 0.122 e. The fourth-order valence-corrected chi connectivity index (χ4v) is 4.52. The van der Waals surface area contributed by atoms with Crippen LogP contribution in [0.4, 0.5) is 0 Å². The second-order valence-electron chi connectivity index (χ2n) is 9.99. The molecular weight excluding hydrogens is 371 g/mol. The maximum atomic E-state index is 6.40. The average molecular weight is 403 g/mol. The molecule has 1 aliphatic rings. The Hall–Kier alpha value is -0.980. The molecule has 0 saturated carbocycles. The predicted molar refractivity (Wildman–Crippen MR) is 120 cm³/mol. The Kier molecular flexibility index (Phi) is 5.72. The van der Waals surface area contributed by atoms with Crippen LogP contribution in [0.3, 0.4) is 0 Å². The van der Waals surface area contributed by atoms with Gasteiger partial charge in [-0.05, 0) is 74.6 Å². The summed E-state index contributed by atoms with van der Waals surface area (Å²) >= 11 is 12.8. The van der Waals surface area contributed by atoms with E-state index in [9.17, 15) is 0 Å². The highest BCUT2D eigenvalue weighted by Gasteiger charge is 2.24. The van der Waals surface area contributed by atoms with Crippen molar-refractivity contribution in [1.29, 1.82) is 0 Å². The average Bonchev–Trinajstić information content (AvgIpc) is 2.77. The van der Waals surface area contributed by atoms with Crippen molar-refractivity contribution in [2.45, 2.75) is 83.4 Å². The molecule has 2 aromatic carbocycles. The molecule has 2 aromatic rings. The van der Waals surface area contributed by atoms with E-state index in [1.807, 2.05) is 0 Å². The predicted octanol–water partition coefficient (Wildman–Crippen LogP) is 7.45. The molecule has 1 aliphatic carbocycles. The molecule has 0 unspecified atom stereocenters. The maximum Gasteiger partial charge on any atom is 0.0477 e. The Balaban J connectivity index is 2.15. The first-order valence-corrected chi connectivity index (χ1v) is 11.0. The minimum absolute atomic E-state index is 0.135. The summed E-state index contributed by atoms with van der Waals surface area (Å²) in [5.41, 5.74) is 11.4. The van der Waals surface area contributed by atoms with Crippen LogP contribution in [-0.4, -0.2) is 0 Å². The summed E-state index contributed by atoms with van der Waals surface area (Å²) in [4.78, 5) is 0. The number of aryl methyl sites for hydroxylation is 2. The zero-order valence-corrected chi connectivity index (χ0v) is 19.1. The molecule has 0 nitrogen and oxygen atoms in total. The van der Waals surface area contributed by atoms with Gasteiger partial charge < -0.3 is 0 Å². The SMILES string of the molecule is CC(C)(C)c1cc(CCl)c2c(c1)CCc1cc(C(C)(C)C)cc(CCl)c1C2. The third-order valence-electron chi connectivity index (χ3n) is 5.91. The fourth-order valence-electron chi connectivity index (χ4n) is 4.05. The number of hydrogen-bond acceptors (Lipinski definition) is 0. The Morgan fingerprint density at radius 2 is 1.04 bits per heavy atom. The van der Waals surface area contributed by atoms with Crippen LogP contribution in [0.15, 0.2) is 24.3 Å². The topological polar surface area (TPSA) is 0 Å². The van der Waals surface area contributed by atoms with Crippen molar-refractivity contribution in [3.05, 3.63) is 68.8 Å². The molecule has 0 N–H and O–H groups in total. The summed E-state index contributed by atoms with van der Waals surface area (Å²) in [6.07, 6.45) is 3.10. The molecule has 2 heteroatoms. The number of benzene rings is 2. The number of fused-ring (bicyclic) bond motifs is 2. The smallest absolute Gasteiger partial charge is 0.0477 e. The second kappa shape index (κ2) is 7.45. The van der Waals surface area contributed by atoms with E-state index in [1.54, 1.807) is 0 Å². The Bertz CT molecular complexity index is 777. The van der Waals surface area contributed by atoms with Crippen molar-refractivity contribution in [1.82, 2.24) is 0 Å². The van der Waals surface area contributed by atoms with E-state index in [-0.39, 0.29) is 10.8 Å². The van der Waals surface area contributed by atoms with Crippen molar-refractivity contribution in [3.8, 4) is 0 Å². The van der Waals surface area contributed by atoms with Crippen LogP contribution in [0.25, 0.3) is 0 Å². The fraction of sp³-hybridized carbons (Fsp3) is 0.520. The molecule has 0 aliphatic heterocycles. The molecule has 0 atom stereocenters. The van der Waals surface area contributed by atoms with Gasteiger partial charge in [-0.25, -0.2) is 0 Å². The first kappa shape index (κ1) is 20.7. The minimum Gasteiger partial charge on any atom is -0.122 e. The number of hydrogen-bond donors (Lipinski definition) is 0. The first-order chi connectivity index (χ1) is 12.5. The van der Waals surface area contributed by atoms with Crippen LogP contribution in [0.2, 0.25) is 0 Å². The minimum atomic E-state index is 0.135. The van der Waals surface area contributed by atoms with E-state index in [4.69, 9.17) is 23.2 Å². The van der Waals surface area contributed by atoms with Gasteiger partial charge in [0.1, 0.15) is 0 Å². The van der Waals surface area contributed by atoms with Gasteiger partial charge in [-0.1, -0.05) is 65.8 Å². The monoisotopic (exact) mass is 402 g/mol. The molecule has 146 valence electrons. The Morgan fingerprint density at radius 3 is 1.33 bits per heavy atom. The summed E-state index contributed by atoms with van der Waals surface area (Å²) < 4.78 is 0. The molecular formula is C25H32Cl2. The van der Waals surface area contributed by atoms with E-state index >= 15 is 0 Å². The van der Waals surface area contributed by atoms with Gasteiger partial charge in [0.2, 0.25) is 0 Å². The number of halogens is 2. The molecule has 0 bridgehead atoms. The van der Waals surface area contributed by atoms with E-state index in [0.717, 1.165) is 19.3 Å². The maximum absolute atomic E-state index is 6.40. The molecule has 0 heterocycles. The molecule has 0 saturated heterocycles. The number of rotatable bonds is 2. The summed E-state index contributed by atoms with van der Waals surface area (Å²) in [6.45, 7) is 13.7. The van der Waals surface area contributed by atoms with Gasteiger partial charge in [0, 0.05) is 11.8 Å². The second-order valence-corrected chi connectivity index (χ2v) is 10.5. The van der Waals surface area contributed by atoms with Crippen molar-refractivity contribution in [2.75, 3.05) is 0 Å². The Labute approximate surface area is 175 Å². The summed E-state index contributed by atoms with van der Waals surface area (Å²) in [5.74, 6) is 1.13. The van der Waals surface area contributed by atoms with Crippen molar-refractivity contribution < 1.29 is 0 Å². The molecule has 27 heavy (non-hydrogen) atoms. The van der Waals surface area contributed by atoms with Crippen molar-refractivity contribution in [2.24, 2.45) is 0 Å². The highest BCUT2D eigenvalue weighted by atomic mass is 35.5. The molecule has 0 amide bonds. The summed E-state index contributed by atoms with van der Waals surface area (Å²) in [7, 11) is 0. The number of alkyl halides is 2. The molecule has 0 spiro atoms. The van der Waals surface area contributed by atoms with Gasteiger partial charge in [-0.3, -0.25) is 0 Å². The highest BCUT2D eigenvalue weighted by Crippen LogP contribution is 2.36. The lowest BCUT2D eigenvalue weighted by molar-refractivity contribution is 0.587. The van der Waals surface area contributed by atoms with E-state index < -0.39 is 0 Å². The van der Waals surface area contributed by atoms with Crippen LogP contribution < -0.4 is 0 Å². The van der Waals surface area contributed by atoms with E-state index in [1.165, 1.54) is 44.5 Å². The van der Waals surface area contributed by atoms with Gasteiger partial charge in [0.25, 0.3) is 0 Å². The Morgan fingerprint density at radius 1 is 0.667 bits per heavy atom. The quantitative estimate of drug-likeness (QED) is 0.457. The van der Waals surface area contributed by atoms with Crippen LogP contribution in [0.5, 0.6) is 0 Å². The third kappa shape index (κ3) is 4.22. The highest BCUT2D eigenvalue weighted by molar-refractivity contribution is 6.17. The van der Waals surface area contributed by atoms with Crippen molar-refractivity contribution in [3.63, 3.8) is 0 Å². The van der Waals surface area contributed by atoms with E-state index in [2.05, 4.69) is 65.8 Å². The van der Waals surface area contributed by atoms with Crippen LogP contribution >= 0.6 is 23.2 Å². The zero-order valence-electron chi connectivity index (χ0n) is 17.6. The van der Waals surface area contributed by atoms with Gasteiger partial charge in [0.05, 0.1) is 0 Å². The van der Waals surface area contributed by atoms with Gasteiger partial charge in [-0.2, -0.15) is 0 Å². The molecule has 0 radical (unpaired) electrons. The van der Waals surface area contributed by atoms with E-state index in [0.29, 0.717) is 11.8 Å². The van der Waals surface area contributed by atoms with Gasteiger partial charge in [0.15, 0.2) is 0 Å².